The van der Waals surface area contributed by atoms with E-state index in [-0.39, 0.29) is 11.3 Å². The van der Waals surface area contributed by atoms with Gasteiger partial charge in [-0.3, -0.25) is 4.79 Å². The zero-order valence-corrected chi connectivity index (χ0v) is 12.0. The minimum Gasteiger partial charge on any atom is -0.325 e. The van der Waals surface area contributed by atoms with Gasteiger partial charge in [0, 0.05) is 23.8 Å². The fraction of sp³-hybridized carbons (Fsp3) is 0.333. The van der Waals surface area contributed by atoms with Crippen LogP contribution in [0.4, 0.5) is 5.69 Å². The number of hydrogen-bond donors (Lipinski definition) is 2. The predicted octanol–water partition coefficient (Wildman–Crippen LogP) is 2.18. The smallest absolute Gasteiger partial charge is 0.241 e. The van der Waals surface area contributed by atoms with Crippen molar-refractivity contribution in [1.29, 1.82) is 0 Å². The second-order valence-corrected chi connectivity index (χ2v) is 5.85. The van der Waals surface area contributed by atoms with E-state index in [1.807, 2.05) is 55.8 Å². The lowest BCUT2D eigenvalue weighted by molar-refractivity contribution is -0.119. The van der Waals surface area contributed by atoms with Crippen LogP contribution in [0.5, 0.6) is 0 Å². The lowest BCUT2D eigenvalue weighted by atomic mass is 9.87. The van der Waals surface area contributed by atoms with Crippen molar-refractivity contribution in [1.82, 2.24) is 9.55 Å². The summed E-state index contributed by atoms with van der Waals surface area (Å²) in [5.41, 5.74) is 7.33. The van der Waals surface area contributed by atoms with E-state index in [9.17, 15) is 4.79 Å². The van der Waals surface area contributed by atoms with E-state index in [0.29, 0.717) is 0 Å². The summed E-state index contributed by atoms with van der Waals surface area (Å²) in [4.78, 5) is 16.1. The number of nitrogens with one attached hydrogen (secondary N) is 1. The Morgan fingerprint density at radius 1 is 1.40 bits per heavy atom. The molecule has 0 unspecified atom stereocenters. The molecule has 5 nitrogen and oxygen atoms in total. The number of carbonyl (C=O) groups is 1. The number of benzene rings is 1. The number of aromatic nitrogens is 2. The van der Waals surface area contributed by atoms with Crippen molar-refractivity contribution >= 4 is 11.6 Å². The highest BCUT2D eigenvalue weighted by Gasteiger charge is 2.27. The number of anilines is 1. The van der Waals surface area contributed by atoms with E-state index in [4.69, 9.17) is 5.73 Å². The van der Waals surface area contributed by atoms with E-state index < -0.39 is 6.04 Å². The molecule has 2 aromatic rings. The molecule has 106 valence electrons. The maximum absolute atomic E-state index is 12.1. The third kappa shape index (κ3) is 3.24. The molecule has 1 amide bonds. The molecular formula is C15H20N4O. The number of imidazole rings is 1. The molecule has 0 aliphatic rings. The van der Waals surface area contributed by atoms with Crippen LogP contribution in [0.25, 0.3) is 5.69 Å². The fourth-order valence-corrected chi connectivity index (χ4v) is 1.77. The Morgan fingerprint density at radius 2 is 2.15 bits per heavy atom. The van der Waals surface area contributed by atoms with Gasteiger partial charge in [0.05, 0.1) is 12.4 Å². The third-order valence-electron chi connectivity index (χ3n) is 3.13. The maximum Gasteiger partial charge on any atom is 0.241 e. The van der Waals surface area contributed by atoms with Crippen LogP contribution in [0.3, 0.4) is 0 Å². The van der Waals surface area contributed by atoms with E-state index in [0.717, 1.165) is 11.4 Å². The highest BCUT2D eigenvalue weighted by atomic mass is 16.2. The molecule has 5 heteroatoms. The summed E-state index contributed by atoms with van der Waals surface area (Å²) in [6.45, 7) is 5.83. The van der Waals surface area contributed by atoms with Gasteiger partial charge in [-0.1, -0.05) is 26.8 Å². The Kier molecular flexibility index (Phi) is 3.90. The normalized spacial score (nSPS) is 13.0. The van der Waals surface area contributed by atoms with E-state index in [1.54, 1.807) is 12.5 Å². The first-order valence-corrected chi connectivity index (χ1v) is 6.53. The van der Waals surface area contributed by atoms with Crippen LogP contribution in [-0.4, -0.2) is 21.5 Å². The minimum absolute atomic E-state index is 0.180. The van der Waals surface area contributed by atoms with Crippen molar-refractivity contribution < 1.29 is 4.79 Å². The first kappa shape index (κ1) is 14.3. The maximum atomic E-state index is 12.1. The Balaban J connectivity index is 2.15. The van der Waals surface area contributed by atoms with Crippen LogP contribution >= 0.6 is 0 Å². The van der Waals surface area contributed by atoms with Crippen LogP contribution in [0, 0.1) is 5.41 Å². The lowest BCUT2D eigenvalue weighted by Crippen LogP contribution is -2.45. The number of hydrogen-bond acceptors (Lipinski definition) is 3. The van der Waals surface area contributed by atoms with Gasteiger partial charge in [-0.05, 0) is 23.6 Å². The van der Waals surface area contributed by atoms with Gasteiger partial charge in [0.2, 0.25) is 5.91 Å². The molecule has 3 N–H and O–H groups in total. The van der Waals surface area contributed by atoms with Gasteiger partial charge in [-0.2, -0.15) is 0 Å². The standard InChI is InChI=1S/C15H20N4O/c1-15(2,3)13(16)14(20)18-11-5-4-6-12(9-11)19-8-7-17-10-19/h4-10,13H,16H2,1-3H3,(H,18,20)/t13-/m0/s1. The monoisotopic (exact) mass is 272 g/mol. The third-order valence-corrected chi connectivity index (χ3v) is 3.13. The summed E-state index contributed by atoms with van der Waals surface area (Å²) >= 11 is 0. The molecule has 0 saturated heterocycles. The molecule has 20 heavy (non-hydrogen) atoms. The number of carbonyl (C=O) groups excluding carboxylic acids is 1. The molecule has 0 radical (unpaired) electrons. The molecule has 0 aliphatic carbocycles. The summed E-state index contributed by atoms with van der Waals surface area (Å²) < 4.78 is 1.87. The van der Waals surface area contributed by atoms with Crippen molar-refractivity contribution in [2.75, 3.05) is 5.32 Å². The van der Waals surface area contributed by atoms with Crippen LogP contribution in [0.2, 0.25) is 0 Å². The minimum atomic E-state index is -0.556. The van der Waals surface area contributed by atoms with E-state index >= 15 is 0 Å². The number of rotatable bonds is 3. The second-order valence-electron chi connectivity index (χ2n) is 5.85. The number of amides is 1. The Hall–Kier alpha value is -2.14. The predicted molar refractivity (Wildman–Crippen MR) is 79.6 cm³/mol. The highest BCUT2D eigenvalue weighted by molar-refractivity contribution is 5.95. The molecule has 2 rings (SSSR count). The highest BCUT2D eigenvalue weighted by Crippen LogP contribution is 2.20. The summed E-state index contributed by atoms with van der Waals surface area (Å²) in [5.74, 6) is -0.180. The molecular weight excluding hydrogens is 252 g/mol. The topological polar surface area (TPSA) is 72.9 Å². The first-order valence-electron chi connectivity index (χ1n) is 6.53. The summed E-state index contributed by atoms with van der Waals surface area (Å²) in [6, 6.07) is 7.00. The van der Waals surface area contributed by atoms with Crippen LogP contribution in [-0.2, 0) is 4.79 Å². The van der Waals surface area contributed by atoms with Crippen LogP contribution < -0.4 is 11.1 Å². The molecule has 0 aliphatic heterocycles. The Labute approximate surface area is 118 Å². The molecule has 0 bridgehead atoms. The molecule has 0 fully saturated rings. The van der Waals surface area contributed by atoms with Crippen molar-refractivity contribution in [3.63, 3.8) is 0 Å². The van der Waals surface area contributed by atoms with Gasteiger partial charge in [-0.25, -0.2) is 4.98 Å². The molecule has 0 saturated carbocycles. The van der Waals surface area contributed by atoms with Crippen LogP contribution in [0.15, 0.2) is 43.0 Å². The zero-order valence-electron chi connectivity index (χ0n) is 12.0. The Morgan fingerprint density at radius 3 is 2.75 bits per heavy atom. The number of nitrogens with zero attached hydrogens (tertiary/aromatic N) is 2. The average Bonchev–Trinajstić information content (AvgIpc) is 2.91. The fourth-order valence-electron chi connectivity index (χ4n) is 1.77. The quantitative estimate of drug-likeness (QED) is 0.899. The van der Waals surface area contributed by atoms with Gasteiger partial charge in [0.1, 0.15) is 0 Å². The van der Waals surface area contributed by atoms with Gasteiger partial charge < -0.3 is 15.6 Å². The van der Waals surface area contributed by atoms with Gasteiger partial charge in [0.25, 0.3) is 0 Å². The molecule has 0 spiro atoms. The lowest BCUT2D eigenvalue weighted by Gasteiger charge is -2.25. The van der Waals surface area contributed by atoms with Crippen molar-refractivity contribution in [3.8, 4) is 5.69 Å². The molecule has 1 atom stereocenters. The second kappa shape index (κ2) is 5.46. The van der Waals surface area contributed by atoms with Crippen molar-refractivity contribution in [3.05, 3.63) is 43.0 Å². The van der Waals surface area contributed by atoms with Crippen molar-refractivity contribution in [2.24, 2.45) is 11.1 Å². The summed E-state index contributed by atoms with van der Waals surface area (Å²) in [6.07, 6.45) is 5.27. The molecule has 1 heterocycles. The summed E-state index contributed by atoms with van der Waals surface area (Å²) in [5, 5.41) is 2.85. The molecule has 1 aromatic heterocycles. The van der Waals surface area contributed by atoms with E-state index in [1.165, 1.54) is 0 Å². The zero-order chi connectivity index (χ0) is 14.8. The average molecular weight is 272 g/mol. The summed E-state index contributed by atoms with van der Waals surface area (Å²) in [7, 11) is 0. The SMILES string of the molecule is CC(C)(C)[C@@H](N)C(=O)Nc1cccc(-n2ccnc2)c1. The largest absolute Gasteiger partial charge is 0.325 e. The number of nitrogens with two attached hydrogens (primary N) is 1. The van der Waals surface area contributed by atoms with Crippen molar-refractivity contribution in [2.45, 2.75) is 26.8 Å². The van der Waals surface area contributed by atoms with Crippen LogP contribution in [0.1, 0.15) is 20.8 Å². The Bertz CT molecular complexity index is 584. The van der Waals surface area contributed by atoms with Gasteiger partial charge in [0.15, 0.2) is 0 Å². The van der Waals surface area contributed by atoms with E-state index in [2.05, 4.69) is 10.3 Å². The molecule has 1 aromatic carbocycles. The van der Waals surface area contributed by atoms with Gasteiger partial charge in [-0.15, -0.1) is 0 Å². The van der Waals surface area contributed by atoms with Gasteiger partial charge >= 0.3 is 0 Å². The first-order chi connectivity index (χ1) is 9.38.